The quantitative estimate of drug-likeness (QED) is 0.209. The van der Waals surface area contributed by atoms with E-state index in [2.05, 4.69) is 19.7 Å². The smallest absolute Gasteiger partial charge is 0.243 e. The van der Waals surface area contributed by atoms with E-state index in [-0.39, 0.29) is 48.5 Å². The van der Waals surface area contributed by atoms with Gasteiger partial charge in [-0.05, 0) is 89.5 Å². The molecule has 276 valence electrons. The molecule has 3 N–H and O–H groups in total. The molecule has 0 amide bonds. The normalized spacial score (nSPS) is 16.7. The number of hydrogen-bond acceptors (Lipinski definition) is 15. The summed E-state index contributed by atoms with van der Waals surface area (Å²) in [6, 6.07) is 12.7. The van der Waals surface area contributed by atoms with Gasteiger partial charge in [0.25, 0.3) is 0 Å². The fraction of sp³-hybridized carbons (Fsp3) is 0.200. The van der Waals surface area contributed by atoms with Crippen molar-refractivity contribution >= 4 is 47.1 Å². The first-order valence-electron chi connectivity index (χ1n) is 14.5. The molecular formula is C30H33N6O12S3-3. The van der Waals surface area contributed by atoms with E-state index in [0.717, 1.165) is 85.7 Å². The summed E-state index contributed by atoms with van der Waals surface area (Å²) in [5, 5.41) is 60.0. The van der Waals surface area contributed by atoms with Crippen LogP contribution in [0.4, 0.5) is 17.1 Å². The van der Waals surface area contributed by atoms with Gasteiger partial charge in [-0.1, -0.05) is 19.7 Å². The van der Waals surface area contributed by atoms with Crippen LogP contribution in [0.2, 0.25) is 0 Å². The number of benzene rings is 3. The van der Waals surface area contributed by atoms with Gasteiger partial charge in [0.05, 0.1) is 31.7 Å². The maximum Gasteiger partial charge on any atom is 0.243 e. The first-order valence-corrected chi connectivity index (χ1v) is 18.8. The van der Waals surface area contributed by atoms with Gasteiger partial charge in [-0.2, -0.15) is 12.9 Å². The van der Waals surface area contributed by atoms with Crippen molar-refractivity contribution in [2.75, 3.05) is 54.9 Å². The summed E-state index contributed by atoms with van der Waals surface area (Å²) in [6.07, 6.45) is 0. The molecule has 1 fully saturated rings. The molecule has 0 bridgehead atoms. The van der Waals surface area contributed by atoms with E-state index in [1.807, 2.05) is 0 Å². The Morgan fingerprint density at radius 2 is 0.608 bits per heavy atom. The van der Waals surface area contributed by atoms with Gasteiger partial charge < -0.3 is 31.3 Å². The second-order valence-corrected chi connectivity index (χ2v) is 17.2. The van der Waals surface area contributed by atoms with Crippen molar-refractivity contribution in [1.82, 2.24) is 12.9 Å². The number of nitrogens with zero attached hydrogens (tertiary/aromatic N) is 6. The summed E-state index contributed by atoms with van der Waals surface area (Å²) < 4.78 is 86.2. The van der Waals surface area contributed by atoms with E-state index < -0.39 is 85.0 Å². The minimum atomic E-state index is -4.47. The largest absolute Gasteiger partial charge is 0.733 e. The zero-order valence-electron chi connectivity index (χ0n) is 26.7. The summed E-state index contributed by atoms with van der Waals surface area (Å²) in [4.78, 5) is -0.970. The maximum absolute atomic E-state index is 13.9. The van der Waals surface area contributed by atoms with Crippen molar-refractivity contribution in [3.63, 3.8) is 0 Å². The Kier molecular flexibility index (Phi) is 12.1. The molecule has 0 unspecified atom stereocenters. The number of rotatable bonds is 9. The third kappa shape index (κ3) is 9.17. The Balaban J connectivity index is 1.79. The van der Waals surface area contributed by atoms with Crippen molar-refractivity contribution in [3.05, 3.63) is 125 Å². The van der Waals surface area contributed by atoms with E-state index >= 15 is 0 Å². The van der Waals surface area contributed by atoms with Crippen molar-refractivity contribution in [2.24, 2.45) is 0 Å². The molecule has 1 heterocycles. The Morgan fingerprint density at radius 1 is 0.431 bits per heavy atom. The number of hydrogen-bond donors (Lipinski definition) is 3. The average Bonchev–Trinajstić information content (AvgIpc) is 3.06. The van der Waals surface area contributed by atoms with E-state index in [1.165, 1.54) is 0 Å². The zero-order chi connectivity index (χ0) is 37.9. The molecule has 21 heteroatoms. The van der Waals surface area contributed by atoms with Crippen molar-refractivity contribution in [3.8, 4) is 0 Å². The fourth-order valence-electron chi connectivity index (χ4n) is 5.01. The summed E-state index contributed by atoms with van der Waals surface area (Å²) in [5.41, 5.74) is -0.533. The minimum Gasteiger partial charge on any atom is -0.733 e. The van der Waals surface area contributed by atoms with Gasteiger partial charge >= 0.3 is 0 Å². The molecule has 51 heavy (non-hydrogen) atoms. The highest BCUT2D eigenvalue weighted by Gasteiger charge is 2.33. The predicted molar refractivity (Wildman–Crippen MR) is 186 cm³/mol. The molecule has 1 aliphatic heterocycles. The lowest BCUT2D eigenvalue weighted by Crippen LogP contribution is -2.43. The first kappa shape index (κ1) is 39.6. The molecule has 0 aromatic heterocycles. The topological polar surface area (TPSA) is 252 Å². The predicted octanol–water partition coefficient (Wildman–Crippen LogP) is 2.82. The van der Waals surface area contributed by atoms with Crippen molar-refractivity contribution in [1.29, 1.82) is 0 Å². The van der Waals surface area contributed by atoms with Crippen LogP contribution in [0.3, 0.4) is 0 Å². The number of anilines is 3. The zero-order valence-corrected chi connectivity index (χ0v) is 29.2. The Labute approximate surface area is 294 Å². The highest BCUT2D eigenvalue weighted by atomic mass is 32.2. The third-order valence-corrected chi connectivity index (χ3v) is 12.9. The molecular weight excluding hydrogens is 733 g/mol. The maximum atomic E-state index is 13.9. The molecule has 1 aliphatic rings. The van der Waals surface area contributed by atoms with Gasteiger partial charge in [0.15, 0.2) is 0 Å². The van der Waals surface area contributed by atoms with Crippen molar-refractivity contribution in [2.45, 2.75) is 14.7 Å². The van der Waals surface area contributed by atoms with Crippen LogP contribution in [0.5, 0.6) is 0 Å². The first-order chi connectivity index (χ1) is 23.7. The Bertz CT molecular complexity index is 1830. The van der Waals surface area contributed by atoms with Crippen LogP contribution in [0.1, 0.15) is 0 Å². The van der Waals surface area contributed by atoms with Crippen LogP contribution in [0.15, 0.2) is 124 Å². The van der Waals surface area contributed by atoms with Gasteiger partial charge in [-0.25, -0.2) is 25.3 Å². The van der Waals surface area contributed by atoms with Crippen molar-refractivity contribution < 1.29 is 40.9 Å². The molecule has 18 nitrogen and oxygen atoms in total. The summed E-state index contributed by atoms with van der Waals surface area (Å²) in [5.74, 6) is 0. The highest BCUT2D eigenvalue weighted by molar-refractivity contribution is 7.89. The summed E-state index contributed by atoms with van der Waals surface area (Å²) in [6.45, 7) is 8.85. The lowest BCUT2D eigenvalue weighted by Gasteiger charge is -2.32. The monoisotopic (exact) mass is 765 g/mol. The van der Waals surface area contributed by atoms with E-state index in [1.54, 1.807) is 0 Å². The lowest BCUT2D eigenvalue weighted by atomic mass is 10.2. The molecule has 0 atom stereocenters. The average molecular weight is 766 g/mol. The second-order valence-electron chi connectivity index (χ2n) is 11.4. The highest BCUT2D eigenvalue weighted by Crippen LogP contribution is 2.27. The molecule has 3 aromatic rings. The second kappa shape index (κ2) is 15.6. The Morgan fingerprint density at radius 3 is 0.765 bits per heavy atom. The van der Waals surface area contributed by atoms with Gasteiger partial charge in [0.1, 0.15) is 0 Å². The van der Waals surface area contributed by atoms with Crippen LogP contribution < -0.4 is 15.7 Å². The Hall–Kier alpha value is -4.23. The van der Waals surface area contributed by atoms with E-state index in [0.29, 0.717) is 0 Å². The van der Waals surface area contributed by atoms with Crippen LogP contribution in [-0.2, 0) is 30.1 Å². The summed E-state index contributed by atoms with van der Waals surface area (Å²) >= 11 is 0. The molecule has 0 aliphatic carbocycles. The van der Waals surface area contributed by atoms with Gasteiger partial charge in [-0.15, -0.1) is 0 Å². The van der Waals surface area contributed by atoms with Crippen LogP contribution in [0, 0.1) is 15.6 Å². The fourth-order valence-corrected chi connectivity index (χ4v) is 9.46. The van der Waals surface area contributed by atoms with E-state index in [9.17, 15) is 56.5 Å². The lowest BCUT2D eigenvalue weighted by molar-refractivity contribution is 0.296. The summed E-state index contributed by atoms with van der Waals surface area (Å²) in [7, 11) is -13.4. The minimum absolute atomic E-state index is 0.0830. The molecule has 0 saturated carbocycles. The molecule has 0 radical (unpaired) electrons. The molecule has 0 spiro atoms. The molecule has 4 rings (SSSR count). The number of sulfonamides is 3. The SMILES string of the molecule is C=C1CN(S(=O)(=O)c2ccc(N([O-])O)cc2)CC(=C)CN(S(=O)(=O)c2ccc(N([O-])O)cc2)CC(=C)CN(S(=O)(=O)c2ccc(N([O-])O)cc2)C1. The van der Waals surface area contributed by atoms with Crippen LogP contribution >= 0.6 is 0 Å². The van der Waals surface area contributed by atoms with Gasteiger partial charge in [-0.3, -0.25) is 15.6 Å². The molecule has 1 saturated heterocycles. The van der Waals surface area contributed by atoms with Crippen LogP contribution in [0.25, 0.3) is 0 Å². The van der Waals surface area contributed by atoms with Gasteiger partial charge in [0, 0.05) is 39.3 Å². The molecule has 3 aromatic carbocycles. The standard InChI is InChI=1S/C30H33N6O12S3/c1-22-16-31(49(43,44)28-10-4-25(5-11-28)34(37)38)18-23(2)20-33(51(47,48)30-14-8-27(9-15-30)36(41)42)21-24(3)19-32(17-22)50(45,46)29-12-6-26(7-13-29)35(39)40/h4-15,37,39,41H,1-3,16-21H2/q-3. The van der Waals surface area contributed by atoms with E-state index in [4.69, 9.17) is 0 Å². The van der Waals surface area contributed by atoms with Crippen LogP contribution in [-0.4, -0.2) is 93.1 Å². The third-order valence-electron chi connectivity index (χ3n) is 7.49. The van der Waals surface area contributed by atoms with Gasteiger partial charge in [0.2, 0.25) is 30.1 Å².